The van der Waals surface area contributed by atoms with E-state index in [1.54, 1.807) is 0 Å². The molecule has 8 heavy (non-hydrogen) atoms. The average molecular weight is 332 g/mol. The molecule has 0 bridgehead atoms. The Morgan fingerprint density at radius 2 is 2.00 bits per heavy atom. The molecule has 0 saturated carbocycles. The number of aromatic amines is 1. The molecular weight excluding hydrogens is 328 g/mol. The summed E-state index contributed by atoms with van der Waals surface area (Å²) in [7, 11) is 0. The molecule has 1 heterocycles. The van der Waals surface area contributed by atoms with Gasteiger partial charge >= 0.3 is 0 Å². The van der Waals surface area contributed by atoms with E-state index in [0.717, 1.165) is 0 Å². The van der Waals surface area contributed by atoms with Gasteiger partial charge in [-0.15, -0.1) is 0 Å². The van der Waals surface area contributed by atoms with Gasteiger partial charge in [0.05, 0.1) is 3.57 Å². The highest BCUT2D eigenvalue weighted by molar-refractivity contribution is 14.1. The van der Waals surface area contributed by atoms with Gasteiger partial charge in [0.1, 0.15) is 0 Å². The van der Waals surface area contributed by atoms with Gasteiger partial charge in [0.2, 0.25) is 3.70 Å². The minimum absolute atomic E-state index is 1.17. The van der Waals surface area contributed by atoms with Crippen LogP contribution < -0.4 is 4.98 Å². The number of nitrogens with one attached hydrogen (secondary N) is 1. The lowest BCUT2D eigenvalue weighted by Gasteiger charge is -1.79. The number of hydrogen-bond donors (Lipinski definition) is 0. The van der Waals surface area contributed by atoms with Crippen molar-refractivity contribution < 1.29 is 4.98 Å². The number of rotatable bonds is 0. The van der Waals surface area contributed by atoms with Crippen molar-refractivity contribution in [1.82, 2.24) is 0 Å². The average Bonchev–Trinajstić information content (AvgIpc) is 1.77. The maximum atomic E-state index is 3.08. The van der Waals surface area contributed by atoms with Gasteiger partial charge in [-0.25, -0.2) is 4.98 Å². The topological polar surface area (TPSA) is 14.1 Å². The molecule has 0 amide bonds. The molecule has 0 aromatic carbocycles. The van der Waals surface area contributed by atoms with Gasteiger partial charge in [-0.05, 0) is 28.7 Å². The van der Waals surface area contributed by atoms with Crippen molar-refractivity contribution in [2.75, 3.05) is 0 Å². The zero-order valence-electron chi connectivity index (χ0n) is 3.99. The Morgan fingerprint density at radius 3 is 2.38 bits per heavy atom. The van der Waals surface area contributed by atoms with Crippen LogP contribution in [-0.2, 0) is 0 Å². The summed E-state index contributed by atoms with van der Waals surface area (Å²) < 4.78 is 2.41. The quantitative estimate of drug-likeness (QED) is 0.507. The van der Waals surface area contributed by atoms with Crippen LogP contribution in [0.25, 0.3) is 0 Å². The van der Waals surface area contributed by atoms with Gasteiger partial charge in [0.15, 0.2) is 6.20 Å². The summed E-state index contributed by atoms with van der Waals surface area (Å²) in [5.41, 5.74) is 0. The number of aromatic nitrogens is 1. The third kappa shape index (κ3) is 1.85. The molecule has 0 atom stereocenters. The lowest BCUT2D eigenvalue weighted by atomic mass is 10.5. The fraction of sp³-hybridized carbons (Fsp3) is 0. The highest BCUT2D eigenvalue weighted by atomic mass is 127. The van der Waals surface area contributed by atoms with Crippen LogP contribution in [0.5, 0.6) is 0 Å². The van der Waals surface area contributed by atoms with Gasteiger partial charge in [-0.3, -0.25) is 0 Å². The van der Waals surface area contributed by atoms with E-state index in [1.165, 1.54) is 7.27 Å². The monoisotopic (exact) mass is 332 g/mol. The molecule has 0 spiro atoms. The second-order valence-corrected chi connectivity index (χ2v) is 3.76. The lowest BCUT2D eigenvalue weighted by molar-refractivity contribution is -0.395. The maximum absolute atomic E-state index is 3.08. The predicted molar refractivity (Wildman–Crippen MR) is 48.4 cm³/mol. The first-order valence-corrected chi connectivity index (χ1v) is 4.27. The molecule has 1 N–H and O–H groups in total. The van der Waals surface area contributed by atoms with Crippen LogP contribution in [0, 0.1) is 7.27 Å². The minimum atomic E-state index is 1.17. The third-order valence-electron chi connectivity index (χ3n) is 0.737. The molecule has 0 fully saturated rings. The van der Waals surface area contributed by atoms with Crippen LogP contribution in [0.4, 0.5) is 0 Å². The second-order valence-electron chi connectivity index (χ2n) is 1.35. The summed E-state index contributed by atoms with van der Waals surface area (Å²) >= 11 is 4.50. The summed E-state index contributed by atoms with van der Waals surface area (Å²) in [4.78, 5) is 3.08. The molecule has 1 nitrogen and oxygen atoms in total. The van der Waals surface area contributed by atoms with Crippen molar-refractivity contribution in [3.63, 3.8) is 0 Å². The van der Waals surface area contributed by atoms with E-state index < -0.39 is 0 Å². The fourth-order valence-electron chi connectivity index (χ4n) is 0.387. The van der Waals surface area contributed by atoms with E-state index in [2.05, 4.69) is 56.2 Å². The van der Waals surface area contributed by atoms with E-state index in [1.807, 2.05) is 12.3 Å². The van der Waals surface area contributed by atoms with Crippen molar-refractivity contribution in [3.8, 4) is 0 Å². The Balaban J connectivity index is 3.03. The second kappa shape index (κ2) is 2.95. The first kappa shape index (κ1) is 6.73. The highest BCUT2D eigenvalue weighted by Crippen LogP contribution is 2.00. The van der Waals surface area contributed by atoms with Crippen LogP contribution in [0.3, 0.4) is 0 Å². The molecule has 42 valence electrons. The molecule has 1 aromatic rings. The molecule has 0 aliphatic carbocycles. The lowest BCUT2D eigenvalue weighted by Crippen LogP contribution is -2.05. The Labute approximate surface area is 75.2 Å². The fourth-order valence-corrected chi connectivity index (χ4v) is 1.06. The van der Waals surface area contributed by atoms with Crippen molar-refractivity contribution in [2.24, 2.45) is 0 Å². The third-order valence-corrected chi connectivity index (χ3v) is 2.08. The van der Waals surface area contributed by atoms with E-state index in [-0.39, 0.29) is 0 Å². The summed E-state index contributed by atoms with van der Waals surface area (Å²) in [6, 6.07) is 4.11. The summed E-state index contributed by atoms with van der Waals surface area (Å²) in [6.45, 7) is 0. The SMILES string of the molecule is Ic1ccc(I)[nH+]c1. The number of halogens is 2. The smallest absolute Gasteiger partial charge is 0.206 e. The first-order valence-electron chi connectivity index (χ1n) is 2.12. The zero-order valence-corrected chi connectivity index (χ0v) is 8.30. The maximum Gasteiger partial charge on any atom is 0.239 e. The molecule has 0 radical (unpaired) electrons. The summed E-state index contributed by atoms with van der Waals surface area (Å²) in [6.07, 6.45) is 1.97. The van der Waals surface area contributed by atoms with Gasteiger partial charge in [0.25, 0.3) is 0 Å². The van der Waals surface area contributed by atoms with Crippen LogP contribution in [0.1, 0.15) is 0 Å². The van der Waals surface area contributed by atoms with Crippen molar-refractivity contribution in [3.05, 3.63) is 25.6 Å². The Bertz CT molecular complexity index is 149. The molecule has 0 aliphatic rings. The Kier molecular flexibility index (Phi) is 2.48. The van der Waals surface area contributed by atoms with Gasteiger partial charge in [-0.1, -0.05) is 0 Å². The molecular formula is C5H4I2N+. The zero-order chi connectivity index (χ0) is 5.98. The van der Waals surface area contributed by atoms with E-state index in [9.17, 15) is 0 Å². The van der Waals surface area contributed by atoms with Crippen LogP contribution in [0.2, 0.25) is 0 Å². The van der Waals surface area contributed by atoms with Crippen LogP contribution in [-0.4, -0.2) is 0 Å². The highest BCUT2D eigenvalue weighted by Gasteiger charge is 1.91. The number of pyridine rings is 1. The predicted octanol–water partition coefficient (Wildman–Crippen LogP) is 1.71. The number of hydrogen-bond acceptors (Lipinski definition) is 0. The van der Waals surface area contributed by atoms with Gasteiger partial charge in [0, 0.05) is 28.7 Å². The van der Waals surface area contributed by atoms with E-state index in [4.69, 9.17) is 0 Å². The number of H-pyrrole nitrogens is 1. The molecule has 1 aromatic heterocycles. The van der Waals surface area contributed by atoms with Crippen molar-refractivity contribution >= 4 is 45.2 Å². The van der Waals surface area contributed by atoms with E-state index in [0.29, 0.717) is 0 Å². The Morgan fingerprint density at radius 1 is 1.25 bits per heavy atom. The van der Waals surface area contributed by atoms with Crippen molar-refractivity contribution in [1.29, 1.82) is 0 Å². The summed E-state index contributed by atoms with van der Waals surface area (Å²) in [5.74, 6) is 0. The molecule has 0 unspecified atom stereocenters. The molecule has 0 aliphatic heterocycles. The van der Waals surface area contributed by atoms with Crippen molar-refractivity contribution in [2.45, 2.75) is 0 Å². The molecule has 1 rings (SSSR count). The molecule has 0 saturated heterocycles. The standard InChI is InChI=1S/C5H3I2N/c6-4-1-2-5(7)8-3-4/h1-3H/p+1. The minimum Gasteiger partial charge on any atom is -0.206 e. The van der Waals surface area contributed by atoms with Crippen LogP contribution in [0.15, 0.2) is 18.3 Å². The van der Waals surface area contributed by atoms with Gasteiger partial charge < -0.3 is 0 Å². The summed E-state index contributed by atoms with van der Waals surface area (Å²) in [5, 5.41) is 0. The Hall–Kier alpha value is 0.610. The first-order chi connectivity index (χ1) is 3.79. The molecule has 3 heteroatoms. The van der Waals surface area contributed by atoms with Crippen LogP contribution >= 0.6 is 45.2 Å². The largest absolute Gasteiger partial charge is 0.239 e. The normalized spacial score (nSPS) is 9.25. The van der Waals surface area contributed by atoms with E-state index >= 15 is 0 Å². The van der Waals surface area contributed by atoms with Gasteiger partial charge in [-0.2, -0.15) is 0 Å².